The van der Waals surface area contributed by atoms with Gasteiger partial charge < -0.3 is 15.7 Å². The third-order valence-electron chi connectivity index (χ3n) is 3.15. The number of hydrogen-bond acceptors (Lipinski definition) is 2. The number of aromatic carboxylic acids is 1. The second-order valence-electron chi connectivity index (χ2n) is 4.58. The van der Waals surface area contributed by atoms with Crippen LogP contribution in [-0.2, 0) is 0 Å². The van der Waals surface area contributed by atoms with E-state index >= 15 is 0 Å². The highest BCUT2D eigenvalue weighted by Crippen LogP contribution is 2.18. The van der Waals surface area contributed by atoms with Gasteiger partial charge in [0.25, 0.3) is 0 Å². The Balaban J connectivity index is 2.00. The minimum Gasteiger partial charge on any atom is -0.478 e. The lowest BCUT2D eigenvalue weighted by Crippen LogP contribution is -2.36. The molecule has 0 radical (unpaired) electrons. The second kappa shape index (κ2) is 5.69. The lowest BCUT2D eigenvalue weighted by Gasteiger charge is -2.13. The van der Waals surface area contributed by atoms with Crippen LogP contribution in [0.15, 0.2) is 18.2 Å². The van der Waals surface area contributed by atoms with Gasteiger partial charge in [0.15, 0.2) is 0 Å². The van der Waals surface area contributed by atoms with Crippen LogP contribution in [0.1, 0.15) is 36.0 Å². The topological polar surface area (TPSA) is 78.4 Å². The number of nitrogens with one attached hydrogen (secondary N) is 2. The summed E-state index contributed by atoms with van der Waals surface area (Å²) in [6.45, 7) is 0. The predicted octanol–water partition coefficient (Wildman–Crippen LogP) is 2.59. The monoisotopic (exact) mass is 266 g/mol. The molecule has 0 heterocycles. The van der Waals surface area contributed by atoms with Crippen LogP contribution in [0.4, 0.5) is 14.9 Å². The molecule has 0 aromatic heterocycles. The highest BCUT2D eigenvalue weighted by Gasteiger charge is 2.17. The molecule has 102 valence electrons. The molecular weight excluding hydrogens is 251 g/mol. The number of amides is 2. The minimum absolute atomic E-state index is 0.166. The molecule has 0 bridgehead atoms. The SMILES string of the molecule is O=C(Nc1ccc(F)c(C(=O)O)c1)NC1CCCC1. The zero-order chi connectivity index (χ0) is 13.8. The zero-order valence-electron chi connectivity index (χ0n) is 10.3. The number of rotatable bonds is 3. The van der Waals surface area contributed by atoms with Crippen LogP contribution in [0.2, 0.25) is 0 Å². The molecule has 0 unspecified atom stereocenters. The maximum atomic E-state index is 13.2. The second-order valence-corrected chi connectivity index (χ2v) is 4.58. The molecule has 0 aliphatic heterocycles. The minimum atomic E-state index is -1.36. The van der Waals surface area contributed by atoms with Crippen molar-refractivity contribution in [3.05, 3.63) is 29.6 Å². The van der Waals surface area contributed by atoms with Crippen molar-refractivity contribution in [3.8, 4) is 0 Å². The lowest BCUT2D eigenvalue weighted by atomic mass is 10.2. The normalized spacial score (nSPS) is 15.2. The highest BCUT2D eigenvalue weighted by molar-refractivity contribution is 5.93. The predicted molar refractivity (Wildman–Crippen MR) is 67.8 cm³/mol. The summed E-state index contributed by atoms with van der Waals surface area (Å²) in [4.78, 5) is 22.4. The standard InChI is InChI=1S/C13H15FN2O3/c14-11-6-5-9(7-10(11)12(17)18)16-13(19)15-8-3-1-2-4-8/h5-8H,1-4H2,(H,17,18)(H2,15,16,19). The van der Waals surface area contributed by atoms with Gasteiger partial charge in [0.2, 0.25) is 0 Å². The van der Waals surface area contributed by atoms with Crippen molar-refractivity contribution in [1.29, 1.82) is 0 Å². The van der Waals surface area contributed by atoms with Crippen molar-refractivity contribution in [2.75, 3.05) is 5.32 Å². The highest BCUT2D eigenvalue weighted by atomic mass is 19.1. The smallest absolute Gasteiger partial charge is 0.338 e. The molecule has 0 atom stereocenters. The zero-order valence-corrected chi connectivity index (χ0v) is 10.3. The van der Waals surface area contributed by atoms with Gasteiger partial charge in [0, 0.05) is 11.7 Å². The summed E-state index contributed by atoms with van der Waals surface area (Å²) in [5.41, 5.74) is -0.201. The number of carbonyl (C=O) groups excluding carboxylic acids is 1. The van der Waals surface area contributed by atoms with Crippen molar-refractivity contribution < 1.29 is 19.1 Å². The molecule has 1 aliphatic rings. The summed E-state index contributed by atoms with van der Waals surface area (Å²) in [6, 6.07) is 3.23. The van der Waals surface area contributed by atoms with E-state index in [0.717, 1.165) is 37.8 Å². The summed E-state index contributed by atoms with van der Waals surface area (Å²) in [7, 11) is 0. The van der Waals surface area contributed by atoms with Gasteiger partial charge in [0.05, 0.1) is 5.56 Å². The first-order valence-electron chi connectivity index (χ1n) is 6.16. The largest absolute Gasteiger partial charge is 0.478 e. The van der Waals surface area contributed by atoms with Crippen LogP contribution in [0, 0.1) is 5.82 Å². The van der Waals surface area contributed by atoms with Gasteiger partial charge >= 0.3 is 12.0 Å². The van der Waals surface area contributed by atoms with Crippen molar-refractivity contribution in [3.63, 3.8) is 0 Å². The van der Waals surface area contributed by atoms with E-state index in [1.54, 1.807) is 0 Å². The van der Waals surface area contributed by atoms with Crippen molar-refractivity contribution in [2.45, 2.75) is 31.7 Å². The molecule has 0 spiro atoms. The molecule has 1 saturated carbocycles. The van der Waals surface area contributed by atoms with Gasteiger partial charge in [-0.3, -0.25) is 0 Å². The van der Waals surface area contributed by atoms with Crippen LogP contribution in [0.25, 0.3) is 0 Å². The Morgan fingerprint density at radius 3 is 2.58 bits per heavy atom. The molecule has 1 aliphatic carbocycles. The number of anilines is 1. The van der Waals surface area contributed by atoms with E-state index in [0.29, 0.717) is 0 Å². The Hall–Kier alpha value is -2.11. The average Bonchev–Trinajstić information content (AvgIpc) is 2.84. The van der Waals surface area contributed by atoms with Gasteiger partial charge in [0.1, 0.15) is 5.82 Å². The fraction of sp³-hybridized carbons (Fsp3) is 0.385. The molecule has 19 heavy (non-hydrogen) atoms. The first-order valence-corrected chi connectivity index (χ1v) is 6.16. The number of hydrogen-bond donors (Lipinski definition) is 3. The Morgan fingerprint density at radius 2 is 1.95 bits per heavy atom. The van der Waals surface area contributed by atoms with E-state index in [9.17, 15) is 14.0 Å². The van der Waals surface area contributed by atoms with E-state index < -0.39 is 23.4 Å². The van der Waals surface area contributed by atoms with Crippen molar-refractivity contribution in [1.82, 2.24) is 5.32 Å². The Bertz CT molecular complexity index is 499. The molecule has 1 aromatic carbocycles. The Morgan fingerprint density at radius 1 is 1.26 bits per heavy atom. The van der Waals surface area contributed by atoms with Crippen molar-refractivity contribution in [2.24, 2.45) is 0 Å². The number of benzene rings is 1. The maximum absolute atomic E-state index is 13.2. The van der Waals surface area contributed by atoms with Gasteiger partial charge in [-0.25, -0.2) is 14.0 Å². The quantitative estimate of drug-likeness (QED) is 0.786. The fourth-order valence-corrected chi connectivity index (χ4v) is 2.19. The number of carboxylic acids is 1. The molecule has 1 aromatic rings. The summed E-state index contributed by atoms with van der Waals surface area (Å²) in [6.07, 6.45) is 4.11. The van der Waals surface area contributed by atoms with Gasteiger partial charge in [-0.2, -0.15) is 0 Å². The molecule has 2 amide bonds. The molecular formula is C13H15FN2O3. The van der Waals surface area contributed by atoms with Gasteiger partial charge in [-0.1, -0.05) is 12.8 Å². The van der Waals surface area contributed by atoms with E-state index in [-0.39, 0.29) is 11.7 Å². The van der Waals surface area contributed by atoms with Crippen LogP contribution in [0.5, 0.6) is 0 Å². The average molecular weight is 266 g/mol. The van der Waals surface area contributed by atoms with E-state index in [4.69, 9.17) is 5.11 Å². The number of carbonyl (C=O) groups is 2. The molecule has 5 nitrogen and oxygen atoms in total. The Labute approximate surface area is 109 Å². The van der Waals surface area contributed by atoms with Gasteiger partial charge in [-0.05, 0) is 31.0 Å². The molecule has 0 saturated heterocycles. The number of carboxylic acid groups (broad SMARTS) is 1. The third kappa shape index (κ3) is 3.43. The number of urea groups is 1. The summed E-state index contributed by atoms with van der Waals surface area (Å²) in [5, 5.41) is 14.1. The lowest BCUT2D eigenvalue weighted by molar-refractivity contribution is 0.0692. The first-order chi connectivity index (χ1) is 9.06. The van der Waals surface area contributed by atoms with Gasteiger partial charge in [-0.15, -0.1) is 0 Å². The summed E-state index contributed by atoms with van der Waals surface area (Å²) in [5.74, 6) is -2.19. The van der Waals surface area contributed by atoms with E-state index in [2.05, 4.69) is 10.6 Å². The summed E-state index contributed by atoms with van der Waals surface area (Å²) >= 11 is 0. The van der Waals surface area contributed by atoms with Crippen LogP contribution in [-0.4, -0.2) is 23.1 Å². The third-order valence-corrected chi connectivity index (χ3v) is 3.15. The van der Waals surface area contributed by atoms with Crippen LogP contribution in [0.3, 0.4) is 0 Å². The Kier molecular flexibility index (Phi) is 3.99. The maximum Gasteiger partial charge on any atom is 0.338 e. The molecule has 1 fully saturated rings. The van der Waals surface area contributed by atoms with E-state index in [1.165, 1.54) is 6.07 Å². The molecule has 2 rings (SSSR count). The summed E-state index contributed by atoms with van der Waals surface area (Å²) < 4.78 is 13.2. The van der Waals surface area contributed by atoms with Crippen LogP contribution >= 0.6 is 0 Å². The molecule has 6 heteroatoms. The van der Waals surface area contributed by atoms with E-state index in [1.807, 2.05) is 0 Å². The first kappa shape index (κ1) is 13.3. The van der Waals surface area contributed by atoms with Crippen molar-refractivity contribution >= 4 is 17.7 Å². The fourth-order valence-electron chi connectivity index (χ4n) is 2.19. The molecule has 3 N–H and O–H groups in total. The number of halogens is 1. The van der Waals surface area contributed by atoms with Crippen LogP contribution < -0.4 is 10.6 Å².